The van der Waals surface area contributed by atoms with E-state index in [1.165, 1.54) is 25.7 Å². The van der Waals surface area contributed by atoms with Gasteiger partial charge in [0.2, 0.25) is 0 Å². The molecule has 4 nitrogen and oxygen atoms in total. The van der Waals surface area contributed by atoms with E-state index in [9.17, 15) is 0 Å². The molecule has 0 fully saturated rings. The third-order valence-corrected chi connectivity index (χ3v) is 3.27. The number of nitrogens with zero attached hydrogens (tertiary/aromatic N) is 1. The van der Waals surface area contributed by atoms with Gasteiger partial charge in [-0.1, -0.05) is 37.8 Å². The van der Waals surface area contributed by atoms with Crippen molar-refractivity contribution >= 4 is 5.71 Å². The first kappa shape index (κ1) is 13.7. The molecule has 0 aliphatic carbocycles. The molecule has 1 aromatic carbocycles. The molecule has 1 aliphatic heterocycles. The normalized spacial score (nSPS) is 15.3. The second-order valence-electron chi connectivity index (χ2n) is 4.76. The molecule has 0 radical (unpaired) electrons. The molecule has 1 N–H and O–H groups in total. The van der Waals surface area contributed by atoms with Gasteiger partial charge in [0.15, 0.2) is 0 Å². The van der Waals surface area contributed by atoms with Crippen molar-refractivity contribution in [3.63, 3.8) is 0 Å². The van der Waals surface area contributed by atoms with Crippen LogP contribution in [0.1, 0.15) is 44.6 Å². The lowest BCUT2D eigenvalue weighted by molar-refractivity contribution is 0.301. The predicted molar refractivity (Wildman–Crippen MR) is 74.5 cm³/mol. The van der Waals surface area contributed by atoms with Crippen LogP contribution < -0.4 is 9.47 Å². The molecule has 0 unspecified atom stereocenters. The van der Waals surface area contributed by atoms with Gasteiger partial charge in [-0.3, -0.25) is 0 Å². The van der Waals surface area contributed by atoms with E-state index in [0.29, 0.717) is 12.3 Å². The first-order valence-corrected chi connectivity index (χ1v) is 6.96. The van der Waals surface area contributed by atoms with E-state index in [2.05, 4.69) is 12.1 Å². The fourth-order valence-electron chi connectivity index (χ4n) is 2.15. The van der Waals surface area contributed by atoms with E-state index in [4.69, 9.17) is 14.7 Å². The summed E-state index contributed by atoms with van der Waals surface area (Å²) in [6.07, 6.45) is 6.15. The van der Waals surface area contributed by atoms with Crippen LogP contribution in [0.3, 0.4) is 0 Å². The van der Waals surface area contributed by atoms with Crippen LogP contribution in [-0.2, 0) is 0 Å². The third kappa shape index (κ3) is 3.63. The highest BCUT2D eigenvalue weighted by molar-refractivity contribution is 6.05. The number of hydrogen-bond acceptors (Lipinski definition) is 4. The van der Waals surface area contributed by atoms with Crippen LogP contribution >= 0.6 is 0 Å². The molecule has 0 spiro atoms. The van der Waals surface area contributed by atoms with Crippen LogP contribution in [0, 0.1) is 0 Å². The Labute approximate surface area is 114 Å². The average molecular weight is 263 g/mol. The Morgan fingerprint density at radius 1 is 1.26 bits per heavy atom. The standard InChI is InChI=1S/C15H21NO3/c1-2-3-4-5-6-9-18-12-7-8-13-14(16-17)11-19-15(13)10-12/h7-8,10,17H,2-6,9,11H2,1H3. The number of oxime groups is 1. The van der Waals surface area contributed by atoms with Gasteiger partial charge in [0.25, 0.3) is 0 Å². The maximum absolute atomic E-state index is 8.80. The van der Waals surface area contributed by atoms with Gasteiger partial charge in [0.05, 0.1) is 6.61 Å². The third-order valence-electron chi connectivity index (χ3n) is 3.27. The zero-order chi connectivity index (χ0) is 13.5. The summed E-state index contributed by atoms with van der Waals surface area (Å²) >= 11 is 0. The second-order valence-corrected chi connectivity index (χ2v) is 4.76. The van der Waals surface area contributed by atoms with Gasteiger partial charge in [-0.25, -0.2) is 0 Å². The zero-order valence-electron chi connectivity index (χ0n) is 11.4. The summed E-state index contributed by atoms with van der Waals surface area (Å²) in [5.74, 6) is 1.55. The highest BCUT2D eigenvalue weighted by Gasteiger charge is 2.20. The molecule has 0 bridgehead atoms. The lowest BCUT2D eigenvalue weighted by atomic mass is 10.1. The molecular formula is C15H21NO3. The van der Waals surface area contributed by atoms with Gasteiger partial charge in [-0.2, -0.15) is 0 Å². The van der Waals surface area contributed by atoms with Crippen molar-refractivity contribution in [3.8, 4) is 11.5 Å². The molecule has 0 atom stereocenters. The van der Waals surface area contributed by atoms with Crippen LogP contribution in [0.4, 0.5) is 0 Å². The van der Waals surface area contributed by atoms with E-state index in [1.54, 1.807) is 0 Å². The quantitative estimate of drug-likeness (QED) is 0.464. The maximum atomic E-state index is 8.80. The highest BCUT2D eigenvalue weighted by Crippen LogP contribution is 2.29. The summed E-state index contributed by atoms with van der Waals surface area (Å²) in [5.41, 5.74) is 1.42. The fourth-order valence-corrected chi connectivity index (χ4v) is 2.15. The van der Waals surface area contributed by atoms with Crippen LogP contribution in [0.15, 0.2) is 23.4 Å². The SMILES string of the molecule is CCCCCCCOc1ccc2c(c1)OCC2=NO. The maximum Gasteiger partial charge on any atom is 0.134 e. The number of fused-ring (bicyclic) bond motifs is 1. The van der Waals surface area contributed by atoms with Gasteiger partial charge in [0, 0.05) is 11.6 Å². The largest absolute Gasteiger partial charge is 0.493 e. The van der Waals surface area contributed by atoms with Gasteiger partial charge < -0.3 is 14.7 Å². The second kappa shape index (κ2) is 7.02. The van der Waals surface area contributed by atoms with Crippen LogP contribution in [-0.4, -0.2) is 24.1 Å². The number of ether oxygens (including phenoxy) is 2. The van der Waals surface area contributed by atoms with Crippen LogP contribution in [0.2, 0.25) is 0 Å². The molecule has 104 valence electrons. The molecule has 0 saturated heterocycles. The first-order chi connectivity index (χ1) is 9.35. The summed E-state index contributed by atoms with van der Waals surface area (Å²) in [4.78, 5) is 0. The van der Waals surface area contributed by atoms with E-state index in [-0.39, 0.29) is 0 Å². The van der Waals surface area contributed by atoms with E-state index in [0.717, 1.165) is 30.1 Å². The van der Waals surface area contributed by atoms with Gasteiger partial charge in [-0.05, 0) is 18.6 Å². The van der Waals surface area contributed by atoms with E-state index < -0.39 is 0 Å². The molecule has 19 heavy (non-hydrogen) atoms. The monoisotopic (exact) mass is 263 g/mol. The molecule has 1 aliphatic rings. The Hall–Kier alpha value is -1.71. The fraction of sp³-hybridized carbons (Fsp3) is 0.533. The van der Waals surface area contributed by atoms with Crippen molar-refractivity contribution in [2.75, 3.05) is 13.2 Å². The number of benzene rings is 1. The number of hydrogen-bond donors (Lipinski definition) is 1. The van der Waals surface area contributed by atoms with Gasteiger partial charge in [-0.15, -0.1) is 0 Å². The highest BCUT2D eigenvalue weighted by atomic mass is 16.5. The molecule has 0 amide bonds. The Morgan fingerprint density at radius 3 is 2.89 bits per heavy atom. The van der Waals surface area contributed by atoms with E-state index >= 15 is 0 Å². The lowest BCUT2D eigenvalue weighted by Gasteiger charge is -2.07. The summed E-state index contributed by atoms with van der Waals surface area (Å²) in [7, 11) is 0. The predicted octanol–water partition coefficient (Wildman–Crippen LogP) is 3.61. The molecule has 1 heterocycles. The average Bonchev–Trinajstić information content (AvgIpc) is 2.85. The van der Waals surface area contributed by atoms with E-state index in [1.807, 2.05) is 18.2 Å². The van der Waals surface area contributed by atoms with Gasteiger partial charge >= 0.3 is 0 Å². The van der Waals surface area contributed by atoms with Crippen molar-refractivity contribution in [1.29, 1.82) is 0 Å². The van der Waals surface area contributed by atoms with Crippen LogP contribution in [0.5, 0.6) is 11.5 Å². The molecule has 2 rings (SSSR count). The Morgan fingerprint density at radius 2 is 2.11 bits per heavy atom. The molecule has 0 aromatic heterocycles. The number of rotatable bonds is 7. The Bertz CT molecular complexity index is 443. The minimum atomic E-state index is 0.326. The number of unbranched alkanes of at least 4 members (excludes halogenated alkanes) is 4. The van der Waals surface area contributed by atoms with Crippen molar-refractivity contribution in [2.45, 2.75) is 39.0 Å². The summed E-state index contributed by atoms with van der Waals surface area (Å²) < 4.78 is 11.1. The first-order valence-electron chi connectivity index (χ1n) is 6.96. The van der Waals surface area contributed by atoms with Crippen molar-refractivity contribution in [1.82, 2.24) is 0 Å². The van der Waals surface area contributed by atoms with Crippen molar-refractivity contribution < 1.29 is 14.7 Å². The Balaban J connectivity index is 1.80. The smallest absolute Gasteiger partial charge is 0.134 e. The van der Waals surface area contributed by atoms with Gasteiger partial charge in [0.1, 0.15) is 23.8 Å². The van der Waals surface area contributed by atoms with Crippen LogP contribution in [0.25, 0.3) is 0 Å². The molecule has 4 heteroatoms. The lowest BCUT2D eigenvalue weighted by Crippen LogP contribution is -2.01. The molecule has 0 saturated carbocycles. The minimum Gasteiger partial charge on any atom is -0.493 e. The summed E-state index contributed by atoms with van der Waals surface area (Å²) in [6, 6.07) is 5.63. The molecular weight excluding hydrogens is 242 g/mol. The zero-order valence-corrected chi connectivity index (χ0v) is 11.4. The summed E-state index contributed by atoms with van der Waals surface area (Å²) in [6.45, 7) is 3.28. The Kier molecular flexibility index (Phi) is 5.07. The van der Waals surface area contributed by atoms with Crippen molar-refractivity contribution in [3.05, 3.63) is 23.8 Å². The summed E-state index contributed by atoms with van der Waals surface area (Å²) in [5, 5.41) is 12.0. The minimum absolute atomic E-state index is 0.326. The molecule has 1 aromatic rings. The topological polar surface area (TPSA) is 51.0 Å². The van der Waals surface area contributed by atoms with Crippen molar-refractivity contribution in [2.24, 2.45) is 5.16 Å².